The molecule has 264 valence electrons. The van der Waals surface area contributed by atoms with Crippen LogP contribution in [0.3, 0.4) is 0 Å². The van der Waals surface area contributed by atoms with Gasteiger partial charge in [0.25, 0.3) is 0 Å². The van der Waals surface area contributed by atoms with Crippen molar-refractivity contribution in [3.63, 3.8) is 0 Å². The van der Waals surface area contributed by atoms with E-state index in [9.17, 15) is 0 Å². The lowest BCUT2D eigenvalue weighted by Crippen LogP contribution is -2.14. The minimum absolute atomic E-state index is 0.107. The number of para-hydroxylation sites is 2. The van der Waals surface area contributed by atoms with E-state index < -0.39 is 0 Å². The Morgan fingerprint density at radius 1 is 0.393 bits per heavy atom. The number of rotatable bonds is 5. The largest absolute Gasteiger partial charge is 0.309 e. The Bertz CT molecular complexity index is 3150. The van der Waals surface area contributed by atoms with Crippen molar-refractivity contribution in [2.24, 2.45) is 0 Å². The van der Waals surface area contributed by atoms with Gasteiger partial charge in [-0.15, -0.1) is 0 Å². The average molecular weight is 716 g/mol. The second-order valence-electron chi connectivity index (χ2n) is 15.4. The van der Waals surface area contributed by atoms with E-state index in [-0.39, 0.29) is 5.41 Å². The molecule has 0 bridgehead atoms. The van der Waals surface area contributed by atoms with Gasteiger partial charge in [0.15, 0.2) is 5.82 Å². The summed E-state index contributed by atoms with van der Waals surface area (Å²) in [6.45, 7) is 4.66. The molecule has 2 heterocycles. The molecule has 56 heavy (non-hydrogen) atoms. The molecule has 3 nitrogen and oxygen atoms in total. The van der Waals surface area contributed by atoms with Crippen molar-refractivity contribution in [1.82, 2.24) is 14.5 Å². The van der Waals surface area contributed by atoms with E-state index in [0.29, 0.717) is 5.82 Å². The monoisotopic (exact) mass is 715 g/mol. The van der Waals surface area contributed by atoms with Crippen molar-refractivity contribution >= 4 is 32.6 Å². The van der Waals surface area contributed by atoms with Crippen LogP contribution < -0.4 is 0 Å². The molecule has 0 unspecified atom stereocenters. The predicted octanol–water partition coefficient (Wildman–Crippen LogP) is 13.7. The molecule has 0 fully saturated rings. The van der Waals surface area contributed by atoms with E-state index in [1.54, 1.807) is 0 Å². The molecule has 1 aliphatic rings. The number of benzene rings is 8. The quantitative estimate of drug-likeness (QED) is 0.178. The molecule has 1 aliphatic carbocycles. The lowest BCUT2D eigenvalue weighted by atomic mass is 9.82. The van der Waals surface area contributed by atoms with E-state index in [4.69, 9.17) is 9.97 Å². The zero-order valence-electron chi connectivity index (χ0n) is 31.2. The standard InChI is InChI=1S/C53H37N3/c1-53(2)45-25-13-11-23-43(45)51-44(24-15-26-46(51)53)48-33-47(54-52(55-48)34-16-5-3-6-17-34)40-31-30-37(38-20-9-10-21-39(38)40)35-28-29-42-41-22-12-14-27-49(41)56(50(42)32-35)36-18-7-4-8-19-36/h3-33H,1-2H3. The molecule has 0 saturated carbocycles. The van der Waals surface area contributed by atoms with Crippen LogP contribution in [0.1, 0.15) is 25.0 Å². The second-order valence-corrected chi connectivity index (χ2v) is 15.4. The molecule has 0 spiro atoms. The minimum Gasteiger partial charge on any atom is -0.309 e. The van der Waals surface area contributed by atoms with Crippen LogP contribution in [0.25, 0.3) is 94.4 Å². The average Bonchev–Trinajstić information content (AvgIpc) is 3.71. The number of aromatic nitrogens is 3. The third kappa shape index (κ3) is 4.91. The van der Waals surface area contributed by atoms with Crippen LogP contribution in [-0.2, 0) is 5.41 Å². The SMILES string of the molecule is CC1(C)c2ccccc2-c2c(-c3cc(-c4ccc(-c5ccc6c7ccccc7n(-c7ccccc7)c6c5)c5ccccc45)nc(-c4ccccc4)n3)cccc21. The van der Waals surface area contributed by atoms with Gasteiger partial charge in [-0.3, -0.25) is 0 Å². The smallest absolute Gasteiger partial charge is 0.160 e. The van der Waals surface area contributed by atoms with Crippen LogP contribution >= 0.6 is 0 Å². The topological polar surface area (TPSA) is 30.7 Å². The third-order valence-corrected chi connectivity index (χ3v) is 11.8. The van der Waals surface area contributed by atoms with Gasteiger partial charge >= 0.3 is 0 Å². The zero-order valence-corrected chi connectivity index (χ0v) is 31.2. The molecule has 0 atom stereocenters. The molecule has 0 radical (unpaired) electrons. The molecule has 10 aromatic rings. The Labute approximate surface area is 326 Å². The summed E-state index contributed by atoms with van der Waals surface area (Å²) in [5, 5.41) is 4.84. The molecular weight excluding hydrogens is 679 g/mol. The van der Waals surface area contributed by atoms with Gasteiger partial charge in [-0.2, -0.15) is 0 Å². The summed E-state index contributed by atoms with van der Waals surface area (Å²) in [6.07, 6.45) is 0. The highest BCUT2D eigenvalue weighted by molar-refractivity contribution is 6.12. The van der Waals surface area contributed by atoms with Gasteiger partial charge in [-0.1, -0.05) is 172 Å². The molecule has 2 aromatic heterocycles. The summed E-state index contributed by atoms with van der Waals surface area (Å²) in [4.78, 5) is 10.6. The van der Waals surface area contributed by atoms with Gasteiger partial charge in [0.2, 0.25) is 0 Å². The van der Waals surface area contributed by atoms with Crippen LogP contribution in [0, 0.1) is 0 Å². The maximum absolute atomic E-state index is 5.31. The summed E-state index contributed by atoms with van der Waals surface area (Å²) in [5.74, 6) is 0.716. The Balaban J connectivity index is 1.12. The Morgan fingerprint density at radius 2 is 0.982 bits per heavy atom. The Kier molecular flexibility index (Phi) is 7.20. The van der Waals surface area contributed by atoms with Crippen LogP contribution in [-0.4, -0.2) is 14.5 Å². The minimum atomic E-state index is -0.107. The van der Waals surface area contributed by atoms with E-state index in [1.807, 2.05) is 6.07 Å². The zero-order chi connectivity index (χ0) is 37.4. The fourth-order valence-electron chi connectivity index (χ4n) is 9.17. The van der Waals surface area contributed by atoms with Crippen molar-refractivity contribution in [3.05, 3.63) is 199 Å². The van der Waals surface area contributed by atoms with Crippen LogP contribution in [0.2, 0.25) is 0 Å². The number of hydrogen-bond acceptors (Lipinski definition) is 2. The van der Waals surface area contributed by atoms with Crippen LogP contribution in [0.4, 0.5) is 0 Å². The number of fused-ring (bicyclic) bond motifs is 7. The van der Waals surface area contributed by atoms with Gasteiger partial charge in [0.05, 0.1) is 22.4 Å². The highest BCUT2D eigenvalue weighted by Crippen LogP contribution is 2.52. The molecule has 0 amide bonds. The first-order valence-electron chi connectivity index (χ1n) is 19.3. The van der Waals surface area contributed by atoms with E-state index in [0.717, 1.165) is 39.2 Å². The molecule has 0 saturated heterocycles. The van der Waals surface area contributed by atoms with Gasteiger partial charge < -0.3 is 4.57 Å². The summed E-state index contributed by atoms with van der Waals surface area (Å²) < 4.78 is 2.39. The maximum Gasteiger partial charge on any atom is 0.160 e. The summed E-state index contributed by atoms with van der Waals surface area (Å²) in [5.41, 5.74) is 16.1. The fourth-order valence-corrected chi connectivity index (χ4v) is 9.17. The van der Waals surface area contributed by atoms with Gasteiger partial charge in [0.1, 0.15) is 0 Å². The fraction of sp³-hybridized carbons (Fsp3) is 0.0566. The second kappa shape index (κ2) is 12.5. The van der Waals surface area contributed by atoms with Gasteiger partial charge in [-0.25, -0.2) is 9.97 Å². The van der Waals surface area contributed by atoms with Gasteiger partial charge in [-0.05, 0) is 74.5 Å². The first-order valence-corrected chi connectivity index (χ1v) is 19.3. The van der Waals surface area contributed by atoms with Crippen LogP contribution in [0.15, 0.2) is 188 Å². The van der Waals surface area contributed by atoms with Crippen LogP contribution in [0.5, 0.6) is 0 Å². The van der Waals surface area contributed by atoms with Crippen molar-refractivity contribution in [3.8, 4) is 61.8 Å². The lowest BCUT2D eigenvalue weighted by molar-refractivity contribution is 0.660. The van der Waals surface area contributed by atoms with Crippen molar-refractivity contribution < 1.29 is 0 Å². The third-order valence-electron chi connectivity index (χ3n) is 11.8. The predicted molar refractivity (Wildman–Crippen MR) is 233 cm³/mol. The number of hydrogen-bond donors (Lipinski definition) is 0. The molecule has 11 rings (SSSR count). The summed E-state index contributed by atoms with van der Waals surface area (Å²) in [6, 6.07) is 67.6. The van der Waals surface area contributed by atoms with Crippen molar-refractivity contribution in [2.45, 2.75) is 19.3 Å². The molecule has 8 aromatic carbocycles. The summed E-state index contributed by atoms with van der Waals surface area (Å²) in [7, 11) is 0. The normalized spacial score (nSPS) is 13.0. The Morgan fingerprint density at radius 3 is 1.79 bits per heavy atom. The molecule has 0 aliphatic heterocycles. The molecule has 0 N–H and O–H groups in total. The number of nitrogens with zero attached hydrogens (tertiary/aromatic N) is 3. The van der Waals surface area contributed by atoms with Gasteiger partial charge in [0, 0.05) is 38.6 Å². The van der Waals surface area contributed by atoms with Crippen molar-refractivity contribution in [1.29, 1.82) is 0 Å². The van der Waals surface area contributed by atoms with E-state index >= 15 is 0 Å². The lowest BCUT2D eigenvalue weighted by Gasteiger charge is -2.21. The first-order chi connectivity index (χ1) is 27.5. The van der Waals surface area contributed by atoms with Crippen molar-refractivity contribution in [2.75, 3.05) is 0 Å². The summed E-state index contributed by atoms with van der Waals surface area (Å²) >= 11 is 0. The highest BCUT2D eigenvalue weighted by atomic mass is 15.0. The van der Waals surface area contributed by atoms with E-state index in [2.05, 4.69) is 200 Å². The maximum atomic E-state index is 5.31. The van der Waals surface area contributed by atoms with E-state index in [1.165, 1.54) is 60.6 Å². The molecule has 3 heteroatoms. The Hall–Kier alpha value is -7.10. The first kappa shape index (κ1) is 32.3. The molecular formula is C53H37N3. The highest BCUT2D eigenvalue weighted by Gasteiger charge is 2.36.